The Kier molecular flexibility index (Phi) is 4.32. The second-order valence-electron chi connectivity index (χ2n) is 5.00. The van der Waals surface area contributed by atoms with Gasteiger partial charge in [-0.05, 0) is 27.0 Å². The van der Waals surface area contributed by atoms with Gasteiger partial charge in [0.15, 0.2) is 0 Å². The van der Waals surface area contributed by atoms with E-state index in [1.54, 1.807) is 13.2 Å². The van der Waals surface area contributed by atoms with Crippen LogP contribution in [0, 0.1) is 13.8 Å². The lowest BCUT2D eigenvalue weighted by atomic mass is 10.2. The Labute approximate surface area is 118 Å². The molecule has 0 unspecified atom stereocenters. The minimum atomic E-state index is -3.47. The van der Waals surface area contributed by atoms with Gasteiger partial charge in [-0.3, -0.25) is 0 Å². The number of nitrogens with zero attached hydrogens (tertiary/aromatic N) is 1. The largest absolute Gasteiger partial charge is 0.378 e. The van der Waals surface area contributed by atoms with Gasteiger partial charge in [-0.2, -0.15) is 0 Å². The van der Waals surface area contributed by atoms with Gasteiger partial charge in [-0.1, -0.05) is 0 Å². The molecule has 19 heavy (non-hydrogen) atoms. The summed E-state index contributed by atoms with van der Waals surface area (Å²) in [5, 5.41) is 0. The zero-order valence-corrected chi connectivity index (χ0v) is 13.3. The zero-order chi connectivity index (χ0) is 14.2. The fraction of sp³-hybridized carbons (Fsp3) is 0.667. The van der Waals surface area contributed by atoms with Crippen molar-refractivity contribution >= 4 is 21.4 Å². The lowest BCUT2D eigenvalue weighted by Crippen LogP contribution is -2.43. The summed E-state index contributed by atoms with van der Waals surface area (Å²) in [6.07, 6.45) is -0.0974. The van der Waals surface area contributed by atoms with Crippen LogP contribution in [0.15, 0.2) is 11.0 Å². The Bertz CT molecular complexity index is 553. The van der Waals surface area contributed by atoms with E-state index in [-0.39, 0.29) is 12.1 Å². The highest BCUT2D eigenvalue weighted by Gasteiger charge is 2.34. The van der Waals surface area contributed by atoms with Gasteiger partial charge in [0, 0.05) is 30.0 Å². The summed E-state index contributed by atoms with van der Waals surface area (Å²) in [6, 6.07) is 1.53. The molecule has 0 aromatic carbocycles. The van der Waals surface area contributed by atoms with Crippen molar-refractivity contribution in [1.29, 1.82) is 0 Å². The summed E-state index contributed by atoms with van der Waals surface area (Å²) in [7, 11) is 0.109. The van der Waals surface area contributed by atoms with Gasteiger partial charge in [-0.25, -0.2) is 13.1 Å². The number of hydrogen-bond donors (Lipinski definition) is 1. The number of likely N-dealkylation sites (N-methyl/N-ethyl adjacent to an activating group) is 1. The molecule has 1 N–H and O–H groups in total. The summed E-state index contributed by atoms with van der Waals surface area (Å²) in [6.45, 7) is 5.16. The molecular formula is C12H20N2O3S2. The van der Waals surface area contributed by atoms with Crippen LogP contribution in [0.1, 0.15) is 9.75 Å². The van der Waals surface area contributed by atoms with Crippen LogP contribution in [-0.2, 0) is 14.8 Å². The number of methoxy groups -OCH3 is 1. The van der Waals surface area contributed by atoms with Crippen LogP contribution in [0.4, 0.5) is 0 Å². The number of ether oxygens (including phenoxy) is 1. The van der Waals surface area contributed by atoms with E-state index in [0.29, 0.717) is 11.4 Å². The van der Waals surface area contributed by atoms with E-state index >= 15 is 0 Å². The summed E-state index contributed by atoms with van der Waals surface area (Å²) in [5.74, 6) is 0. The topological polar surface area (TPSA) is 58.6 Å². The van der Waals surface area contributed by atoms with Crippen molar-refractivity contribution in [2.45, 2.75) is 30.9 Å². The first kappa shape index (κ1) is 14.9. The molecule has 1 aromatic heterocycles. The van der Waals surface area contributed by atoms with Crippen molar-refractivity contribution < 1.29 is 13.2 Å². The third-order valence-electron chi connectivity index (χ3n) is 3.34. The van der Waals surface area contributed by atoms with Gasteiger partial charge in [0.2, 0.25) is 10.0 Å². The molecule has 2 atom stereocenters. The van der Waals surface area contributed by atoms with E-state index < -0.39 is 10.0 Å². The van der Waals surface area contributed by atoms with Crippen LogP contribution in [0.3, 0.4) is 0 Å². The SMILES string of the molecule is CO[C@H]1CN(C)C[C@@H]1NS(=O)(=O)c1cc(C)sc1C. The number of sulfonamides is 1. The molecule has 1 fully saturated rings. The fourth-order valence-corrected chi connectivity index (χ4v) is 5.26. The standard InChI is InChI=1S/C12H20N2O3S2/c1-8-5-12(9(2)18-8)19(15,16)13-10-6-14(3)7-11(10)17-4/h5,10-11,13H,6-7H2,1-4H3/t10-,11-/m0/s1. The molecule has 1 aliphatic rings. The Hall–Kier alpha value is -0.470. The third kappa shape index (κ3) is 3.17. The first-order chi connectivity index (χ1) is 8.83. The molecule has 0 bridgehead atoms. The molecule has 0 aliphatic carbocycles. The number of aryl methyl sites for hydroxylation is 2. The first-order valence-corrected chi connectivity index (χ1v) is 8.44. The van der Waals surface area contributed by atoms with Gasteiger partial charge in [-0.15, -0.1) is 11.3 Å². The van der Waals surface area contributed by atoms with Crippen LogP contribution >= 0.6 is 11.3 Å². The number of thiophene rings is 1. The van der Waals surface area contributed by atoms with Crippen molar-refractivity contribution in [2.75, 3.05) is 27.2 Å². The van der Waals surface area contributed by atoms with Gasteiger partial charge in [0.25, 0.3) is 0 Å². The molecule has 1 saturated heterocycles. The highest BCUT2D eigenvalue weighted by atomic mass is 32.2. The maximum Gasteiger partial charge on any atom is 0.242 e. The predicted octanol–water partition coefficient (Wildman–Crippen LogP) is 0.972. The van der Waals surface area contributed by atoms with Gasteiger partial charge >= 0.3 is 0 Å². The van der Waals surface area contributed by atoms with Gasteiger partial charge in [0.1, 0.15) is 0 Å². The molecule has 0 radical (unpaired) electrons. The fourth-order valence-electron chi connectivity index (χ4n) is 2.45. The maximum atomic E-state index is 12.4. The molecule has 2 heterocycles. The van der Waals surface area contributed by atoms with Crippen molar-refractivity contribution in [2.24, 2.45) is 0 Å². The van der Waals surface area contributed by atoms with E-state index in [1.165, 1.54) is 11.3 Å². The van der Waals surface area contributed by atoms with Gasteiger partial charge in [0.05, 0.1) is 17.0 Å². The lowest BCUT2D eigenvalue weighted by Gasteiger charge is -2.18. The lowest BCUT2D eigenvalue weighted by molar-refractivity contribution is 0.0969. The monoisotopic (exact) mass is 304 g/mol. The molecule has 0 saturated carbocycles. The molecular weight excluding hydrogens is 284 g/mol. The van der Waals surface area contributed by atoms with E-state index in [0.717, 1.165) is 16.3 Å². The molecule has 0 amide bonds. The predicted molar refractivity (Wildman–Crippen MR) is 76.2 cm³/mol. The minimum Gasteiger partial charge on any atom is -0.378 e. The second-order valence-corrected chi connectivity index (χ2v) is 8.14. The van der Waals surface area contributed by atoms with Gasteiger partial charge < -0.3 is 9.64 Å². The van der Waals surface area contributed by atoms with Crippen LogP contribution in [0.2, 0.25) is 0 Å². The molecule has 1 aliphatic heterocycles. The van der Waals surface area contributed by atoms with Crippen LogP contribution in [0.5, 0.6) is 0 Å². The third-order valence-corrected chi connectivity index (χ3v) is 6.05. The second kappa shape index (κ2) is 5.49. The Morgan fingerprint density at radius 2 is 2.11 bits per heavy atom. The maximum absolute atomic E-state index is 12.4. The average Bonchev–Trinajstić information content (AvgIpc) is 2.81. The molecule has 7 heteroatoms. The van der Waals surface area contributed by atoms with Crippen molar-refractivity contribution in [3.8, 4) is 0 Å². The molecule has 0 spiro atoms. The average molecular weight is 304 g/mol. The van der Waals surface area contributed by atoms with E-state index in [4.69, 9.17) is 4.74 Å². The minimum absolute atomic E-state index is 0.0974. The Balaban J connectivity index is 2.20. The van der Waals surface area contributed by atoms with E-state index in [2.05, 4.69) is 9.62 Å². The smallest absolute Gasteiger partial charge is 0.242 e. The summed E-state index contributed by atoms with van der Waals surface area (Å²) >= 11 is 1.50. The summed E-state index contributed by atoms with van der Waals surface area (Å²) in [4.78, 5) is 4.28. The quantitative estimate of drug-likeness (QED) is 0.900. The van der Waals surface area contributed by atoms with Crippen LogP contribution < -0.4 is 4.72 Å². The van der Waals surface area contributed by atoms with E-state index in [1.807, 2.05) is 20.9 Å². The van der Waals surface area contributed by atoms with Crippen molar-refractivity contribution in [3.63, 3.8) is 0 Å². The molecule has 2 rings (SSSR count). The number of nitrogens with one attached hydrogen (secondary N) is 1. The van der Waals surface area contributed by atoms with Crippen molar-refractivity contribution in [1.82, 2.24) is 9.62 Å². The molecule has 1 aromatic rings. The molecule has 108 valence electrons. The normalized spacial score (nSPS) is 25.1. The van der Waals surface area contributed by atoms with Crippen molar-refractivity contribution in [3.05, 3.63) is 15.8 Å². The number of hydrogen-bond acceptors (Lipinski definition) is 5. The first-order valence-electron chi connectivity index (χ1n) is 6.14. The zero-order valence-electron chi connectivity index (χ0n) is 11.6. The van der Waals surface area contributed by atoms with Crippen LogP contribution in [-0.4, -0.2) is 52.7 Å². The summed E-state index contributed by atoms with van der Waals surface area (Å²) < 4.78 is 32.9. The Morgan fingerprint density at radius 3 is 2.63 bits per heavy atom. The Morgan fingerprint density at radius 1 is 1.42 bits per heavy atom. The number of rotatable bonds is 4. The van der Waals surface area contributed by atoms with E-state index in [9.17, 15) is 8.42 Å². The highest BCUT2D eigenvalue weighted by molar-refractivity contribution is 7.89. The number of likely N-dealkylation sites (tertiary alicyclic amines) is 1. The highest BCUT2D eigenvalue weighted by Crippen LogP contribution is 2.25. The van der Waals surface area contributed by atoms with Crippen LogP contribution in [0.25, 0.3) is 0 Å². The summed E-state index contributed by atoms with van der Waals surface area (Å²) in [5.41, 5.74) is 0. The molecule has 5 nitrogen and oxygen atoms in total.